The molecule has 0 aromatic heterocycles. The van der Waals surface area contributed by atoms with Crippen molar-refractivity contribution in [3.8, 4) is 0 Å². The highest BCUT2D eigenvalue weighted by molar-refractivity contribution is 7.89. The van der Waals surface area contributed by atoms with Gasteiger partial charge in [-0.25, -0.2) is 8.42 Å². The molecule has 0 unspecified atom stereocenters. The van der Waals surface area contributed by atoms with E-state index in [4.69, 9.17) is 4.18 Å². The van der Waals surface area contributed by atoms with Crippen LogP contribution in [0.3, 0.4) is 0 Å². The molecule has 0 saturated heterocycles. The molecule has 2 aromatic carbocycles. The Morgan fingerprint density at radius 2 is 1.30 bits per heavy atom. The van der Waals surface area contributed by atoms with Crippen LogP contribution in [-0.2, 0) is 24.3 Å². The Morgan fingerprint density at radius 3 is 1.83 bits per heavy atom. The molecule has 124 valence electrons. The number of sulfonamides is 1. The summed E-state index contributed by atoms with van der Waals surface area (Å²) in [5.74, 6) is 0. The van der Waals surface area contributed by atoms with Gasteiger partial charge in [0.1, 0.15) is 0 Å². The zero-order chi connectivity index (χ0) is 16.9. The first-order valence-corrected chi connectivity index (χ1v) is 9.65. The summed E-state index contributed by atoms with van der Waals surface area (Å²) in [6.07, 6.45) is 0. The van der Waals surface area contributed by atoms with E-state index in [1.165, 1.54) is 31.3 Å². The number of nitrogens with zero attached hydrogens (tertiary/aromatic N) is 1. The van der Waals surface area contributed by atoms with Crippen LogP contribution in [-0.4, -0.2) is 41.3 Å². The maximum Gasteiger partial charge on any atom is 0.297 e. The molecule has 23 heavy (non-hydrogen) atoms. The summed E-state index contributed by atoms with van der Waals surface area (Å²) >= 11 is 0. The molecule has 0 radical (unpaired) electrons. The summed E-state index contributed by atoms with van der Waals surface area (Å²) in [5, 5.41) is 0. The third kappa shape index (κ3) is 4.38. The Bertz CT molecular complexity index is 834. The van der Waals surface area contributed by atoms with Crippen LogP contribution in [0.15, 0.2) is 70.5 Å². The molecular formula is C15H17NO5S2. The smallest absolute Gasteiger partial charge is 0.265 e. The zero-order valence-electron chi connectivity index (χ0n) is 12.5. The maximum absolute atomic E-state index is 12.3. The van der Waals surface area contributed by atoms with Gasteiger partial charge in [0.2, 0.25) is 10.0 Å². The Labute approximate surface area is 136 Å². The molecule has 0 amide bonds. The van der Waals surface area contributed by atoms with Crippen LogP contribution >= 0.6 is 0 Å². The molecule has 6 nitrogen and oxygen atoms in total. The predicted octanol–water partition coefficient (Wildman–Crippen LogP) is 1.71. The largest absolute Gasteiger partial charge is 0.297 e. The van der Waals surface area contributed by atoms with Gasteiger partial charge in [-0.2, -0.15) is 12.7 Å². The van der Waals surface area contributed by atoms with E-state index < -0.39 is 20.1 Å². The van der Waals surface area contributed by atoms with Gasteiger partial charge in [0, 0.05) is 13.6 Å². The fourth-order valence-electron chi connectivity index (χ4n) is 1.82. The Balaban J connectivity index is 1.99. The summed E-state index contributed by atoms with van der Waals surface area (Å²) < 4.78 is 54.4. The first-order valence-electron chi connectivity index (χ1n) is 6.80. The minimum Gasteiger partial charge on any atom is -0.265 e. The lowest BCUT2D eigenvalue weighted by molar-refractivity contribution is 0.289. The number of rotatable bonds is 7. The van der Waals surface area contributed by atoms with E-state index >= 15 is 0 Å². The number of hydrogen-bond acceptors (Lipinski definition) is 5. The monoisotopic (exact) mass is 355 g/mol. The van der Waals surface area contributed by atoms with Gasteiger partial charge >= 0.3 is 0 Å². The van der Waals surface area contributed by atoms with Gasteiger partial charge in [0.25, 0.3) is 10.1 Å². The van der Waals surface area contributed by atoms with E-state index in [1.54, 1.807) is 36.4 Å². The topological polar surface area (TPSA) is 80.8 Å². The molecule has 0 aliphatic rings. The first kappa shape index (κ1) is 17.6. The molecule has 0 spiro atoms. The third-order valence-corrected chi connectivity index (χ3v) is 6.33. The molecule has 2 aromatic rings. The van der Waals surface area contributed by atoms with Crippen molar-refractivity contribution >= 4 is 20.1 Å². The quantitative estimate of drug-likeness (QED) is 0.706. The van der Waals surface area contributed by atoms with E-state index in [-0.39, 0.29) is 22.9 Å². The van der Waals surface area contributed by atoms with Gasteiger partial charge in [0.05, 0.1) is 16.4 Å². The van der Waals surface area contributed by atoms with Gasteiger partial charge in [-0.05, 0) is 24.3 Å². The van der Waals surface area contributed by atoms with Gasteiger partial charge in [-0.3, -0.25) is 4.18 Å². The molecule has 0 saturated carbocycles. The summed E-state index contributed by atoms with van der Waals surface area (Å²) in [5.41, 5.74) is 0. The SMILES string of the molecule is CN(CCOS(=O)(=O)c1ccccc1)S(=O)(=O)c1ccccc1. The van der Waals surface area contributed by atoms with E-state index in [9.17, 15) is 16.8 Å². The van der Waals surface area contributed by atoms with Crippen LogP contribution in [0.25, 0.3) is 0 Å². The average Bonchev–Trinajstić information content (AvgIpc) is 2.56. The van der Waals surface area contributed by atoms with Crippen molar-refractivity contribution in [3.63, 3.8) is 0 Å². The van der Waals surface area contributed by atoms with Crippen LogP contribution in [0.1, 0.15) is 0 Å². The molecule has 0 aliphatic carbocycles. The van der Waals surface area contributed by atoms with Gasteiger partial charge in [0.15, 0.2) is 0 Å². The first-order chi connectivity index (χ1) is 10.8. The van der Waals surface area contributed by atoms with Crippen LogP contribution in [0.2, 0.25) is 0 Å². The van der Waals surface area contributed by atoms with Crippen molar-refractivity contribution in [1.29, 1.82) is 0 Å². The highest BCUT2D eigenvalue weighted by Crippen LogP contribution is 2.14. The van der Waals surface area contributed by atoms with Gasteiger partial charge < -0.3 is 0 Å². The minimum atomic E-state index is -3.89. The molecule has 8 heteroatoms. The fourth-order valence-corrected chi connectivity index (χ4v) is 3.92. The summed E-state index contributed by atoms with van der Waals surface area (Å²) in [6, 6.07) is 15.6. The van der Waals surface area contributed by atoms with E-state index in [1.807, 2.05) is 0 Å². The standard InChI is InChI=1S/C15H17NO5S2/c1-16(22(17,18)14-8-4-2-5-9-14)12-13-21-23(19,20)15-10-6-3-7-11-15/h2-11H,12-13H2,1H3. The third-order valence-electron chi connectivity index (χ3n) is 3.13. The normalized spacial score (nSPS) is 12.4. The molecule has 0 bridgehead atoms. The Kier molecular flexibility index (Phi) is 5.53. The highest BCUT2D eigenvalue weighted by atomic mass is 32.2. The number of hydrogen-bond donors (Lipinski definition) is 0. The predicted molar refractivity (Wildman–Crippen MR) is 85.8 cm³/mol. The molecular weight excluding hydrogens is 338 g/mol. The molecule has 0 atom stereocenters. The zero-order valence-corrected chi connectivity index (χ0v) is 14.1. The van der Waals surface area contributed by atoms with Crippen molar-refractivity contribution < 1.29 is 21.0 Å². The molecule has 0 N–H and O–H groups in total. The van der Waals surface area contributed by atoms with Gasteiger partial charge in [-0.15, -0.1) is 0 Å². The summed E-state index contributed by atoms with van der Waals surface area (Å²) in [4.78, 5) is 0.182. The van der Waals surface area contributed by atoms with Crippen LogP contribution in [0.5, 0.6) is 0 Å². The molecule has 0 heterocycles. The lowest BCUT2D eigenvalue weighted by Crippen LogP contribution is -2.30. The van der Waals surface area contributed by atoms with Crippen LogP contribution in [0.4, 0.5) is 0 Å². The van der Waals surface area contributed by atoms with Crippen molar-refractivity contribution in [2.45, 2.75) is 9.79 Å². The van der Waals surface area contributed by atoms with E-state index in [0.29, 0.717) is 0 Å². The summed E-state index contributed by atoms with van der Waals surface area (Å²) in [6.45, 7) is -0.344. The Hall–Kier alpha value is -1.74. The van der Waals surface area contributed by atoms with E-state index in [2.05, 4.69) is 0 Å². The molecule has 0 aliphatic heterocycles. The van der Waals surface area contributed by atoms with Crippen molar-refractivity contribution in [1.82, 2.24) is 4.31 Å². The van der Waals surface area contributed by atoms with Gasteiger partial charge in [-0.1, -0.05) is 36.4 Å². The number of benzene rings is 2. The molecule has 0 fully saturated rings. The number of likely N-dealkylation sites (N-methyl/N-ethyl adjacent to an activating group) is 1. The maximum atomic E-state index is 12.3. The summed E-state index contributed by atoms with van der Waals surface area (Å²) in [7, 11) is -6.17. The van der Waals surface area contributed by atoms with E-state index in [0.717, 1.165) is 4.31 Å². The van der Waals surface area contributed by atoms with Crippen molar-refractivity contribution in [2.24, 2.45) is 0 Å². The molecule has 2 rings (SSSR count). The second-order valence-corrected chi connectivity index (χ2v) is 8.39. The highest BCUT2D eigenvalue weighted by Gasteiger charge is 2.21. The second-order valence-electron chi connectivity index (χ2n) is 4.73. The fraction of sp³-hybridized carbons (Fsp3) is 0.200. The van der Waals surface area contributed by atoms with Crippen molar-refractivity contribution in [2.75, 3.05) is 20.2 Å². The lowest BCUT2D eigenvalue weighted by Gasteiger charge is -2.17. The average molecular weight is 355 g/mol. The lowest BCUT2D eigenvalue weighted by atomic mass is 10.4. The Morgan fingerprint density at radius 1 is 0.826 bits per heavy atom. The van der Waals surface area contributed by atoms with Crippen molar-refractivity contribution in [3.05, 3.63) is 60.7 Å². The van der Waals surface area contributed by atoms with Crippen LogP contribution < -0.4 is 0 Å². The minimum absolute atomic E-state index is 0.0357. The van der Waals surface area contributed by atoms with Crippen LogP contribution in [0, 0.1) is 0 Å². The second kappa shape index (κ2) is 7.22.